The molecule has 1 saturated heterocycles. The maximum Gasteiger partial charge on any atom is 0.230 e. The van der Waals surface area contributed by atoms with E-state index in [0.29, 0.717) is 19.6 Å². The molecule has 1 aliphatic heterocycles. The number of phenols is 1. The Hall–Kier alpha value is -1.60. The van der Waals surface area contributed by atoms with E-state index < -0.39 is 10.0 Å². The summed E-state index contributed by atoms with van der Waals surface area (Å²) in [7, 11) is -3.22. The quantitative estimate of drug-likeness (QED) is 0.898. The maximum atomic E-state index is 12.7. The second kappa shape index (κ2) is 6.88. The molecule has 1 aromatic carbocycles. The number of sulfonamides is 1. The van der Waals surface area contributed by atoms with E-state index in [0.717, 1.165) is 5.56 Å². The number of carbonyl (C=O) groups excluding carboxylic acids is 1. The number of phenolic OH excluding ortho intramolecular Hbond substituents is 1. The van der Waals surface area contributed by atoms with Crippen molar-refractivity contribution in [2.75, 3.05) is 25.4 Å². The van der Waals surface area contributed by atoms with Crippen molar-refractivity contribution in [2.45, 2.75) is 32.7 Å². The van der Waals surface area contributed by atoms with Crippen molar-refractivity contribution >= 4 is 15.9 Å². The van der Waals surface area contributed by atoms with Crippen molar-refractivity contribution in [3.05, 3.63) is 29.8 Å². The van der Waals surface area contributed by atoms with Gasteiger partial charge in [-0.1, -0.05) is 12.1 Å². The summed E-state index contributed by atoms with van der Waals surface area (Å²) in [5, 5.41) is 9.56. The van der Waals surface area contributed by atoms with Crippen LogP contribution in [0.25, 0.3) is 0 Å². The molecule has 2 atom stereocenters. The molecule has 0 radical (unpaired) electrons. The van der Waals surface area contributed by atoms with Gasteiger partial charge in [0.2, 0.25) is 15.9 Å². The van der Waals surface area contributed by atoms with Crippen LogP contribution in [-0.4, -0.2) is 60.1 Å². The fourth-order valence-corrected chi connectivity index (χ4v) is 4.04. The zero-order valence-electron chi connectivity index (χ0n) is 13.8. The highest BCUT2D eigenvalue weighted by Gasteiger charge is 2.34. The molecule has 128 valence electrons. The highest BCUT2D eigenvalue weighted by atomic mass is 32.2. The molecular formula is C16H24N2O4S. The van der Waals surface area contributed by atoms with Gasteiger partial charge in [-0.3, -0.25) is 4.79 Å². The number of carbonyl (C=O) groups is 1. The Balaban J connectivity index is 2.09. The average Bonchev–Trinajstić information content (AvgIpc) is 2.53. The average molecular weight is 340 g/mol. The summed E-state index contributed by atoms with van der Waals surface area (Å²) < 4.78 is 25.4. The third kappa shape index (κ3) is 3.84. The molecule has 0 aliphatic carbocycles. The largest absolute Gasteiger partial charge is 0.508 e. The molecule has 0 spiro atoms. The standard InChI is InChI=1S/C16H24N2O4S/c1-4-23(21,22)17-8-9-18(12(2)11-17)16(20)13(3)14-6-5-7-15(19)10-14/h5-7,10,12-13,19H,4,8-9,11H2,1-3H3/t12-,13?/m1/s1. The van der Waals surface area contributed by atoms with Crippen LogP contribution in [-0.2, 0) is 14.8 Å². The zero-order chi connectivity index (χ0) is 17.2. The Labute approximate surface area is 137 Å². The molecule has 1 unspecified atom stereocenters. The summed E-state index contributed by atoms with van der Waals surface area (Å²) in [4.78, 5) is 14.5. The van der Waals surface area contributed by atoms with Gasteiger partial charge >= 0.3 is 0 Å². The molecule has 0 saturated carbocycles. The minimum Gasteiger partial charge on any atom is -0.508 e. The number of piperazine rings is 1. The predicted octanol–water partition coefficient (Wildman–Crippen LogP) is 1.38. The van der Waals surface area contributed by atoms with E-state index in [1.165, 1.54) is 4.31 Å². The number of rotatable bonds is 4. The number of nitrogens with zero attached hydrogens (tertiary/aromatic N) is 2. The lowest BCUT2D eigenvalue weighted by Gasteiger charge is -2.40. The van der Waals surface area contributed by atoms with Crippen molar-refractivity contribution in [3.8, 4) is 5.75 Å². The molecular weight excluding hydrogens is 316 g/mol. The van der Waals surface area contributed by atoms with Crippen LogP contribution in [0.5, 0.6) is 5.75 Å². The molecule has 6 nitrogen and oxygen atoms in total. The van der Waals surface area contributed by atoms with Gasteiger partial charge in [0.05, 0.1) is 11.7 Å². The van der Waals surface area contributed by atoms with Crippen LogP contribution in [0.3, 0.4) is 0 Å². The van der Waals surface area contributed by atoms with Crippen LogP contribution in [0.4, 0.5) is 0 Å². The van der Waals surface area contributed by atoms with Gasteiger partial charge in [0.15, 0.2) is 0 Å². The molecule has 23 heavy (non-hydrogen) atoms. The van der Waals surface area contributed by atoms with Crippen LogP contribution in [0.1, 0.15) is 32.3 Å². The van der Waals surface area contributed by atoms with Crippen LogP contribution >= 0.6 is 0 Å². The van der Waals surface area contributed by atoms with E-state index >= 15 is 0 Å². The van der Waals surface area contributed by atoms with E-state index in [-0.39, 0.29) is 29.4 Å². The Morgan fingerprint density at radius 3 is 2.65 bits per heavy atom. The molecule has 1 aliphatic rings. The van der Waals surface area contributed by atoms with Crippen molar-refractivity contribution in [1.29, 1.82) is 0 Å². The topological polar surface area (TPSA) is 77.9 Å². The number of hydrogen-bond acceptors (Lipinski definition) is 4. The normalized spacial score (nSPS) is 21.2. The van der Waals surface area contributed by atoms with Crippen molar-refractivity contribution in [3.63, 3.8) is 0 Å². The van der Waals surface area contributed by atoms with Gasteiger partial charge in [-0.2, -0.15) is 4.31 Å². The lowest BCUT2D eigenvalue weighted by atomic mass is 9.98. The first-order chi connectivity index (χ1) is 10.8. The van der Waals surface area contributed by atoms with Crippen LogP contribution < -0.4 is 0 Å². The molecule has 1 heterocycles. The van der Waals surface area contributed by atoms with E-state index in [4.69, 9.17) is 0 Å². The summed E-state index contributed by atoms with van der Waals surface area (Å²) in [5.41, 5.74) is 0.755. The summed E-state index contributed by atoms with van der Waals surface area (Å²) in [5.74, 6) is -0.211. The summed E-state index contributed by atoms with van der Waals surface area (Å²) in [6, 6.07) is 6.51. The second-order valence-electron chi connectivity index (χ2n) is 5.96. The van der Waals surface area contributed by atoms with Gasteiger partial charge < -0.3 is 10.0 Å². The first kappa shape index (κ1) is 17.7. The third-order valence-electron chi connectivity index (χ3n) is 4.37. The maximum absolute atomic E-state index is 12.7. The molecule has 1 amide bonds. The first-order valence-electron chi connectivity index (χ1n) is 7.83. The van der Waals surface area contributed by atoms with E-state index in [2.05, 4.69) is 0 Å². The molecule has 2 rings (SSSR count). The predicted molar refractivity (Wildman–Crippen MR) is 88.7 cm³/mol. The molecule has 1 aromatic rings. The monoisotopic (exact) mass is 340 g/mol. The number of amides is 1. The molecule has 0 bridgehead atoms. The Kier molecular flexibility index (Phi) is 5.31. The number of aromatic hydroxyl groups is 1. The van der Waals surface area contributed by atoms with Gasteiger partial charge in [-0.05, 0) is 38.5 Å². The smallest absolute Gasteiger partial charge is 0.230 e. The van der Waals surface area contributed by atoms with E-state index in [1.807, 2.05) is 13.0 Å². The van der Waals surface area contributed by atoms with Gasteiger partial charge in [0, 0.05) is 25.7 Å². The third-order valence-corrected chi connectivity index (χ3v) is 6.22. The Bertz CT molecular complexity index is 674. The highest BCUT2D eigenvalue weighted by molar-refractivity contribution is 7.89. The number of hydrogen-bond donors (Lipinski definition) is 1. The fourth-order valence-electron chi connectivity index (χ4n) is 2.87. The van der Waals surface area contributed by atoms with Gasteiger partial charge in [-0.15, -0.1) is 0 Å². The van der Waals surface area contributed by atoms with Crippen molar-refractivity contribution in [2.24, 2.45) is 0 Å². The van der Waals surface area contributed by atoms with Crippen molar-refractivity contribution in [1.82, 2.24) is 9.21 Å². The lowest BCUT2D eigenvalue weighted by Crippen LogP contribution is -2.56. The highest BCUT2D eigenvalue weighted by Crippen LogP contribution is 2.24. The molecule has 1 N–H and O–H groups in total. The lowest BCUT2D eigenvalue weighted by molar-refractivity contribution is -0.136. The van der Waals surface area contributed by atoms with E-state index in [9.17, 15) is 18.3 Å². The molecule has 1 fully saturated rings. The van der Waals surface area contributed by atoms with Crippen LogP contribution in [0.2, 0.25) is 0 Å². The minimum absolute atomic E-state index is 0.0448. The second-order valence-corrected chi connectivity index (χ2v) is 8.21. The zero-order valence-corrected chi connectivity index (χ0v) is 14.6. The minimum atomic E-state index is -3.22. The summed E-state index contributed by atoms with van der Waals surface area (Å²) in [6.45, 7) is 6.35. The van der Waals surface area contributed by atoms with Gasteiger partial charge in [0.25, 0.3) is 0 Å². The number of benzene rings is 1. The fraction of sp³-hybridized carbons (Fsp3) is 0.562. The molecule has 7 heteroatoms. The van der Waals surface area contributed by atoms with Crippen LogP contribution in [0.15, 0.2) is 24.3 Å². The summed E-state index contributed by atoms with van der Waals surface area (Å²) in [6.07, 6.45) is 0. The molecule has 0 aromatic heterocycles. The Morgan fingerprint density at radius 2 is 2.09 bits per heavy atom. The van der Waals surface area contributed by atoms with Crippen molar-refractivity contribution < 1.29 is 18.3 Å². The SMILES string of the molecule is CCS(=O)(=O)N1CCN(C(=O)C(C)c2cccc(O)c2)[C@H](C)C1. The van der Waals surface area contributed by atoms with Gasteiger partial charge in [0.1, 0.15) is 5.75 Å². The van der Waals surface area contributed by atoms with Crippen LogP contribution in [0, 0.1) is 0 Å². The summed E-state index contributed by atoms with van der Waals surface area (Å²) >= 11 is 0. The van der Waals surface area contributed by atoms with E-state index in [1.54, 1.807) is 36.9 Å². The Morgan fingerprint density at radius 1 is 1.39 bits per heavy atom. The first-order valence-corrected chi connectivity index (χ1v) is 9.44. The van der Waals surface area contributed by atoms with Gasteiger partial charge in [-0.25, -0.2) is 8.42 Å².